The third-order valence-electron chi connectivity index (χ3n) is 6.23. The lowest BCUT2D eigenvalue weighted by Crippen LogP contribution is -2.38. The van der Waals surface area contributed by atoms with Crippen molar-refractivity contribution in [2.24, 2.45) is 0 Å². The maximum atomic E-state index is 12.9. The van der Waals surface area contributed by atoms with E-state index >= 15 is 0 Å². The first-order valence-electron chi connectivity index (χ1n) is 11.3. The van der Waals surface area contributed by atoms with Gasteiger partial charge in [-0.05, 0) is 35.9 Å². The topological polar surface area (TPSA) is 87.3 Å². The van der Waals surface area contributed by atoms with Crippen LogP contribution in [0.15, 0.2) is 70.2 Å². The number of ether oxygens (including phenoxy) is 1. The first-order valence-corrected chi connectivity index (χ1v) is 12.3. The smallest absolute Gasteiger partial charge is 0.272 e. The molecule has 8 heteroatoms. The molecule has 3 heterocycles. The van der Waals surface area contributed by atoms with Gasteiger partial charge in [0.1, 0.15) is 11.9 Å². The van der Waals surface area contributed by atoms with Crippen LogP contribution in [0.4, 0.5) is 0 Å². The molecule has 0 saturated carbocycles. The number of hydrogen-bond donors (Lipinski definition) is 2. The number of aromatic nitrogens is 2. The van der Waals surface area contributed by atoms with Gasteiger partial charge in [-0.2, -0.15) is 16.4 Å². The SMILES string of the molecule is C[C@H](C(=O)NCCN1Cc2ccccc2O[C@H](c2ccsc2)C1)c1n[nH]c(=O)c2ccccc12. The summed E-state index contributed by atoms with van der Waals surface area (Å²) in [6.07, 6.45) is -0.0544. The number of rotatable bonds is 6. The molecule has 5 rings (SSSR count). The summed E-state index contributed by atoms with van der Waals surface area (Å²) in [5, 5.41) is 15.2. The van der Waals surface area contributed by atoms with Gasteiger partial charge in [0.2, 0.25) is 5.91 Å². The average molecular weight is 475 g/mol. The van der Waals surface area contributed by atoms with Gasteiger partial charge in [-0.25, -0.2) is 5.10 Å². The van der Waals surface area contributed by atoms with Crippen LogP contribution in [0.25, 0.3) is 10.8 Å². The van der Waals surface area contributed by atoms with E-state index in [0.717, 1.165) is 24.4 Å². The van der Waals surface area contributed by atoms with Crippen molar-refractivity contribution in [2.45, 2.75) is 25.5 Å². The number of nitrogens with zero attached hydrogens (tertiary/aromatic N) is 2. The zero-order valence-corrected chi connectivity index (χ0v) is 19.7. The summed E-state index contributed by atoms with van der Waals surface area (Å²) in [6.45, 7) is 4.50. The summed E-state index contributed by atoms with van der Waals surface area (Å²) in [5.74, 6) is 0.300. The van der Waals surface area contributed by atoms with Crippen LogP contribution >= 0.6 is 11.3 Å². The van der Waals surface area contributed by atoms with Crippen molar-refractivity contribution < 1.29 is 9.53 Å². The molecule has 0 saturated heterocycles. The van der Waals surface area contributed by atoms with Crippen LogP contribution in [0.5, 0.6) is 5.75 Å². The lowest BCUT2D eigenvalue weighted by atomic mass is 10.0. The fraction of sp³-hybridized carbons (Fsp3) is 0.269. The monoisotopic (exact) mass is 474 g/mol. The number of para-hydroxylation sites is 1. The lowest BCUT2D eigenvalue weighted by Gasteiger charge is -2.24. The molecule has 0 radical (unpaired) electrons. The van der Waals surface area contributed by atoms with E-state index in [1.54, 1.807) is 23.5 Å². The number of benzene rings is 2. The third kappa shape index (κ3) is 4.60. The summed E-state index contributed by atoms with van der Waals surface area (Å²) in [4.78, 5) is 27.3. The number of amides is 1. The summed E-state index contributed by atoms with van der Waals surface area (Å²) in [6, 6.07) is 17.5. The van der Waals surface area contributed by atoms with Gasteiger partial charge in [-0.1, -0.05) is 36.4 Å². The predicted molar refractivity (Wildman–Crippen MR) is 133 cm³/mol. The van der Waals surface area contributed by atoms with Gasteiger partial charge in [-0.3, -0.25) is 14.5 Å². The number of aromatic amines is 1. The first kappa shape index (κ1) is 22.3. The van der Waals surface area contributed by atoms with Crippen molar-refractivity contribution in [1.29, 1.82) is 0 Å². The minimum atomic E-state index is -0.492. The standard InChI is InChI=1S/C26H26N4O3S/c1-17(24-20-7-3-4-8-21(20)26(32)29-28-24)25(31)27-11-12-30-14-18-6-2-5-9-22(18)33-23(15-30)19-10-13-34-16-19/h2-10,13,16-17,23H,11-12,14-15H2,1H3,(H,27,31)(H,29,32)/t17-,23-/m0/s1. The van der Waals surface area contributed by atoms with Gasteiger partial charge in [-0.15, -0.1) is 0 Å². The average Bonchev–Trinajstić information content (AvgIpc) is 3.33. The number of carbonyl (C=O) groups is 1. The quantitative estimate of drug-likeness (QED) is 0.443. The normalized spacial score (nSPS) is 16.9. The molecular weight excluding hydrogens is 448 g/mol. The van der Waals surface area contributed by atoms with Crippen LogP contribution in [0.1, 0.15) is 35.8 Å². The van der Waals surface area contributed by atoms with Crippen LogP contribution < -0.4 is 15.6 Å². The molecular formula is C26H26N4O3S. The maximum Gasteiger partial charge on any atom is 0.272 e. The fourth-order valence-corrected chi connectivity index (χ4v) is 5.06. The zero-order chi connectivity index (χ0) is 23.5. The molecule has 2 atom stereocenters. The van der Waals surface area contributed by atoms with Gasteiger partial charge >= 0.3 is 0 Å². The molecule has 1 aliphatic heterocycles. The number of nitrogens with one attached hydrogen (secondary N) is 2. The minimum Gasteiger partial charge on any atom is -0.484 e. The van der Waals surface area contributed by atoms with Gasteiger partial charge in [0.05, 0.1) is 17.0 Å². The van der Waals surface area contributed by atoms with Crippen molar-refractivity contribution in [3.8, 4) is 5.75 Å². The predicted octanol–water partition coefficient (Wildman–Crippen LogP) is 3.84. The second kappa shape index (κ2) is 9.79. The minimum absolute atomic E-state index is 0.0544. The highest BCUT2D eigenvalue weighted by atomic mass is 32.1. The van der Waals surface area contributed by atoms with Crippen molar-refractivity contribution >= 4 is 28.0 Å². The van der Waals surface area contributed by atoms with Crippen LogP contribution in [-0.4, -0.2) is 40.6 Å². The Kier molecular flexibility index (Phi) is 6.42. The Morgan fingerprint density at radius 1 is 1.21 bits per heavy atom. The summed E-state index contributed by atoms with van der Waals surface area (Å²) < 4.78 is 6.35. The molecule has 7 nitrogen and oxygen atoms in total. The van der Waals surface area contributed by atoms with Gasteiger partial charge in [0, 0.05) is 42.7 Å². The Labute approximate surface area is 201 Å². The van der Waals surface area contributed by atoms with E-state index in [-0.39, 0.29) is 17.6 Å². The van der Waals surface area contributed by atoms with Gasteiger partial charge < -0.3 is 10.1 Å². The molecule has 1 aliphatic rings. The zero-order valence-electron chi connectivity index (χ0n) is 18.9. The highest BCUT2D eigenvalue weighted by Gasteiger charge is 2.25. The molecule has 2 N–H and O–H groups in total. The van der Waals surface area contributed by atoms with E-state index < -0.39 is 5.92 Å². The first-order chi connectivity index (χ1) is 16.6. The summed E-state index contributed by atoms with van der Waals surface area (Å²) in [5.41, 5.74) is 2.63. The molecule has 174 valence electrons. The van der Waals surface area contributed by atoms with Gasteiger partial charge in [0.15, 0.2) is 0 Å². The lowest BCUT2D eigenvalue weighted by molar-refractivity contribution is -0.122. The highest BCUT2D eigenvalue weighted by Crippen LogP contribution is 2.31. The number of fused-ring (bicyclic) bond motifs is 2. The van der Waals surface area contributed by atoms with Crippen LogP contribution in [0.2, 0.25) is 0 Å². The Morgan fingerprint density at radius 2 is 2.00 bits per heavy atom. The number of carbonyl (C=O) groups excluding carboxylic acids is 1. The molecule has 1 amide bonds. The molecule has 0 bridgehead atoms. The maximum absolute atomic E-state index is 12.9. The van der Waals surface area contributed by atoms with Crippen LogP contribution in [-0.2, 0) is 11.3 Å². The molecule has 0 unspecified atom stereocenters. The third-order valence-corrected chi connectivity index (χ3v) is 6.93. The number of H-pyrrole nitrogens is 1. The molecule has 2 aromatic heterocycles. The van der Waals surface area contributed by atoms with E-state index in [0.29, 0.717) is 29.6 Å². The van der Waals surface area contributed by atoms with E-state index in [2.05, 4.69) is 43.3 Å². The number of thiophene rings is 1. The van der Waals surface area contributed by atoms with Crippen LogP contribution in [0, 0.1) is 0 Å². The summed E-state index contributed by atoms with van der Waals surface area (Å²) >= 11 is 1.66. The largest absolute Gasteiger partial charge is 0.484 e. The Bertz CT molecular complexity index is 1350. The summed E-state index contributed by atoms with van der Waals surface area (Å²) in [7, 11) is 0. The molecule has 4 aromatic rings. The van der Waals surface area contributed by atoms with Crippen molar-refractivity contribution in [3.63, 3.8) is 0 Å². The fourth-order valence-electron chi connectivity index (χ4n) is 4.36. The number of hydrogen-bond acceptors (Lipinski definition) is 6. The van der Waals surface area contributed by atoms with Crippen molar-refractivity contribution in [3.05, 3.63) is 92.5 Å². The molecule has 34 heavy (non-hydrogen) atoms. The van der Waals surface area contributed by atoms with E-state index in [1.807, 2.05) is 37.3 Å². The Hall–Kier alpha value is -3.49. The molecule has 0 spiro atoms. The Balaban J connectivity index is 1.26. The van der Waals surface area contributed by atoms with Crippen LogP contribution in [0.3, 0.4) is 0 Å². The van der Waals surface area contributed by atoms with Gasteiger partial charge in [0.25, 0.3) is 5.56 Å². The van der Waals surface area contributed by atoms with E-state index in [4.69, 9.17) is 4.74 Å². The van der Waals surface area contributed by atoms with E-state index in [1.165, 1.54) is 5.56 Å². The Morgan fingerprint density at radius 3 is 2.82 bits per heavy atom. The van der Waals surface area contributed by atoms with Crippen molar-refractivity contribution in [1.82, 2.24) is 20.4 Å². The van der Waals surface area contributed by atoms with Crippen molar-refractivity contribution in [2.75, 3.05) is 19.6 Å². The highest BCUT2D eigenvalue weighted by molar-refractivity contribution is 7.07. The second-order valence-electron chi connectivity index (χ2n) is 8.50. The van der Waals surface area contributed by atoms with E-state index in [9.17, 15) is 9.59 Å². The second-order valence-corrected chi connectivity index (χ2v) is 9.28. The molecule has 0 fully saturated rings. The molecule has 0 aliphatic carbocycles. The molecule has 2 aromatic carbocycles.